The second-order valence-electron chi connectivity index (χ2n) is 6.26. The highest BCUT2D eigenvalue weighted by Crippen LogP contribution is 2.27. The molecule has 0 fully saturated rings. The number of ether oxygens (including phenoxy) is 2. The van der Waals surface area contributed by atoms with E-state index in [-0.39, 0.29) is 6.03 Å². The Labute approximate surface area is 155 Å². The molecular formula is C20H27N3O3. The van der Waals surface area contributed by atoms with Crippen LogP contribution in [0.15, 0.2) is 42.5 Å². The van der Waals surface area contributed by atoms with Crippen molar-refractivity contribution in [3.8, 4) is 11.5 Å². The molecule has 0 aliphatic rings. The van der Waals surface area contributed by atoms with Crippen molar-refractivity contribution in [2.75, 3.05) is 40.3 Å². The standard InChI is InChI=1S/C20H27N3O3/c1-22(2)17-9-6-15(7-10-17)14-23(3)20(24)21-13-16-8-11-18(25-4)19(12-16)26-5/h6-12H,13-14H2,1-5H3,(H,21,24). The van der Waals surface area contributed by atoms with Crippen molar-refractivity contribution < 1.29 is 14.3 Å². The minimum absolute atomic E-state index is 0.128. The first-order valence-corrected chi connectivity index (χ1v) is 8.40. The van der Waals surface area contributed by atoms with Gasteiger partial charge in [0.25, 0.3) is 0 Å². The average molecular weight is 357 g/mol. The molecule has 0 aliphatic carbocycles. The van der Waals surface area contributed by atoms with Gasteiger partial charge in [-0.2, -0.15) is 0 Å². The number of benzene rings is 2. The fourth-order valence-corrected chi connectivity index (χ4v) is 2.55. The van der Waals surface area contributed by atoms with Gasteiger partial charge in [0.15, 0.2) is 11.5 Å². The molecule has 0 radical (unpaired) electrons. The zero-order valence-electron chi connectivity index (χ0n) is 16.1. The van der Waals surface area contributed by atoms with Gasteiger partial charge < -0.3 is 24.6 Å². The molecule has 2 rings (SSSR count). The van der Waals surface area contributed by atoms with E-state index in [4.69, 9.17) is 9.47 Å². The number of nitrogens with one attached hydrogen (secondary N) is 1. The van der Waals surface area contributed by atoms with E-state index in [0.717, 1.165) is 16.8 Å². The molecule has 0 atom stereocenters. The van der Waals surface area contributed by atoms with Crippen LogP contribution in [0.3, 0.4) is 0 Å². The van der Waals surface area contributed by atoms with Gasteiger partial charge in [-0.1, -0.05) is 18.2 Å². The largest absolute Gasteiger partial charge is 0.493 e. The van der Waals surface area contributed by atoms with Crippen LogP contribution in [0, 0.1) is 0 Å². The third-order valence-electron chi connectivity index (χ3n) is 4.11. The van der Waals surface area contributed by atoms with Gasteiger partial charge in [0, 0.05) is 39.9 Å². The van der Waals surface area contributed by atoms with Crippen molar-refractivity contribution in [3.05, 3.63) is 53.6 Å². The number of urea groups is 1. The van der Waals surface area contributed by atoms with E-state index in [0.29, 0.717) is 24.6 Å². The summed E-state index contributed by atoms with van der Waals surface area (Å²) in [6, 6.07) is 13.6. The van der Waals surface area contributed by atoms with Crippen LogP contribution in [0.5, 0.6) is 11.5 Å². The summed E-state index contributed by atoms with van der Waals surface area (Å²) in [4.78, 5) is 16.0. The highest BCUT2D eigenvalue weighted by Gasteiger charge is 2.10. The Hall–Kier alpha value is -2.89. The number of hydrogen-bond donors (Lipinski definition) is 1. The predicted molar refractivity (Wildman–Crippen MR) is 104 cm³/mol. The van der Waals surface area contributed by atoms with Crippen LogP contribution in [-0.2, 0) is 13.1 Å². The third kappa shape index (κ3) is 5.05. The van der Waals surface area contributed by atoms with Crippen molar-refractivity contribution in [2.24, 2.45) is 0 Å². The first-order chi connectivity index (χ1) is 12.4. The molecule has 0 saturated carbocycles. The molecule has 2 aromatic carbocycles. The summed E-state index contributed by atoms with van der Waals surface area (Å²) in [6.07, 6.45) is 0. The second kappa shape index (κ2) is 8.99. The molecule has 0 heterocycles. The Morgan fingerprint density at radius 3 is 2.12 bits per heavy atom. The lowest BCUT2D eigenvalue weighted by molar-refractivity contribution is 0.206. The lowest BCUT2D eigenvalue weighted by Crippen LogP contribution is -2.36. The zero-order chi connectivity index (χ0) is 19.1. The molecule has 2 aromatic rings. The van der Waals surface area contributed by atoms with Crippen molar-refractivity contribution in [2.45, 2.75) is 13.1 Å². The van der Waals surface area contributed by atoms with Crippen molar-refractivity contribution in [1.82, 2.24) is 10.2 Å². The molecule has 0 aromatic heterocycles. The molecular weight excluding hydrogens is 330 g/mol. The summed E-state index contributed by atoms with van der Waals surface area (Å²) in [6.45, 7) is 0.967. The third-order valence-corrected chi connectivity index (χ3v) is 4.11. The maximum atomic E-state index is 12.3. The maximum absolute atomic E-state index is 12.3. The van der Waals surface area contributed by atoms with Crippen LogP contribution in [0.2, 0.25) is 0 Å². The van der Waals surface area contributed by atoms with Crippen molar-refractivity contribution >= 4 is 11.7 Å². The van der Waals surface area contributed by atoms with Gasteiger partial charge in [-0.05, 0) is 35.4 Å². The van der Waals surface area contributed by atoms with Crippen molar-refractivity contribution in [3.63, 3.8) is 0 Å². The highest BCUT2D eigenvalue weighted by atomic mass is 16.5. The van der Waals surface area contributed by atoms with E-state index in [1.54, 1.807) is 26.2 Å². The minimum Gasteiger partial charge on any atom is -0.493 e. The summed E-state index contributed by atoms with van der Waals surface area (Å²) >= 11 is 0. The fraction of sp³-hybridized carbons (Fsp3) is 0.350. The summed E-state index contributed by atoms with van der Waals surface area (Å²) in [5, 5.41) is 2.92. The van der Waals surface area contributed by atoms with E-state index >= 15 is 0 Å². The number of hydrogen-bond acceptors (Lipinski definition) is 4. The summed E-state index contributed by atoms with van der Waals surface area (Å²) < 4.78 is 10.5. The van der Waals surface area contributed by atoms with E-state index in [2.05, 4.69) is 5.32 Å². The molecule has 0 saturated heterocycles. The van der Waals surface area contributed by atoms with E-state index in [9.17, 15) is 4.79 Å². The predicted octanol–water partition coefficient (Wildman–Crippen LogP) is 3.11. The maximum Gasteiger partial charge on any atom is 0.317 e. The Bertz CT molecular complexity index is 730. The Balaban J connectivity index is 1.90. The Morgan fingerprint density at radius 2 is 1.54 bits per heavy atom. The number of anilines is 1. The van der Waals surface area contributed by atoms with E-state index < -0.39 is 0 Å². The number of methoxy groups -OCH3 is 2. The lowest BCUT2D eigenvalue weighted by Gasteiger charge is -2.19. The molecule has 1 N–H and O–H groups in total. The number of amides is 2. The van der Waals surface area contributed by atoms with Crippen molar-refractivity contribution in [1.29, 1.82) is 0 Å². The van der Waals surface area contributed by atoms with E-state index in [1.165, 1.54) is 0 Å². The molecule has 2 amide bonds. The average Bonchev–Trinajstić information content (AvgIpc) is 2.66. The van der Waals surface area contributed by atoms with Crippen LogP contribution in [0.1, 0.15) is 11.1 Å². The van der Waals surface area contributed by atoms with Gasteiger partial charge in [0.2, 0.25) is 0 Å². The van der Waals surface area contributed by atoms with Gasteiger partial charge in [0.05, 0.1) is 14.2 Å². The smallest absolute Gasteiger partial charge is 0.317 e. The Morgan fingerprint density at radius 1 is 0.923 bits per heavy atom. The first kappa shape index (κ1) is 19.4. The fourth-order valence-electron chi connectivity index (χ4n) is 2.55. The molecule has 0 spiro atoms. The highest BCUT2D eigenvalue weighted by molar-refractivity contribution is 5.73. The zero-order valence-corrected chi connectivity index (χ0v) is 16.1. The van der Waals surface area contributed by atoms with Gasteiger partial charge in [-0.15, -0.1) is 0 Å². The van der Waals surface area contributed by atoms with Crippen LogP contribution in [0.4, 0.5) is 10.5 Å². The van der Waals surface area contributed by atoms with Gasteiger partial charge in [0.1, 0.15) is 0 Å². The monoisotopic (exact) mass is 357 g/mol. The number of carbonyl (C=O) groups is 1. The first-order valence-electron chi connectivity index (χ1n) is 8.40. The molecule has 140 valence electrons. The lowest BCUT2D eigenvalue weighted by atomic mass is 10.2. The SMILES string of the molecule is COc1ccc(CNC(=O)N(C)Cc2ccc(N(C)C)cc2)cc1OC. The van der Waals surface area contributed by atoms with Crippen LogP contribution < -0.4 is 19.7 Å². The van der Waals surface area contributed by atoms with Gasteiger partial charge in [-0.3, -0.25) is 0 Å². The normalized spacial score (nSPS) is 10.2. The van der Waals surface area contributed by atoms with Crippen LogP contribution in [0.25, 0.3) is 0 Å². The van der Waals surface area contributed by atoms with E-state index in [1.807, 2.05) is 61.5 Å². The topological polar surface area (TPSA) is 54.0 Å². The molecule has 0 aliphatic heterocycles. The molecule has 0 unspecified atom stereocenters. The number of nitrogens with zero attached hydrogens (tertiary/aromatic N) is 2. The number of carbonyl (C=O) groups excluding carboxylic acids is 1. The summed E-state index contributed by atoms with van der Waals surface area (Å²) in [5.41, 5.74) is 3.16. The molecule has 6 heteroatoms. The summed E-state index contributed by atoms with van der Waals surface area (Å²) in [5.74, 6) is 1.31. The van der Waals surface area contributed by atoms with Crippen LogP contribution in [-0.4, -0.2) is 46.3 Å². The quantitative estimate of drug-likeness (QED) is 0.827. The van der Waals surface area contributed by atoms with Gasteiger partial charge >= 0.3 is 6.03 Å². The second-order valence-corrected chi connectivity index (χ2v) is 6.26. The van der Waals surface area contributed by atoms with Crippen LogP contribution >= 0.6 is 0 Å². The molecule has 26 heavy (non-hydrogen) atoms. The minimum atomic E-state index is -0.128. The van der Waals surface area contributed by atoms with Gasteiger partial charge in [-0.25, -0.2) is 4.79 Å². The summed E-state index contributed by atoms with van der Waals surface area (Å²) in [7, 11) is 8.98. The molecule has 0 bridgehead atoms. The Kier molecular flexibility index (Phi) is 6.72. The number of rotatable bonds is 7. The molecule has 6 nitrogen and oxygen atoms in total.